The molecule has 2 rings (SSSR count). The molecule has 0 saturated carbocycles. The number of nitrogens with one attached hydrogen (secondary N) is 1. The first-order chi connectivity index (χ1) is 6.34. The van der Waals surface area contributed by atoms with E-state index in [0.29, 0.717) is 5.75 Å². The number of hydrogen-bond acceptors (Lipinski definition) is 3. The second kappa shape index (κ2) is 5.20. The first-order valence-electron chi connectivity index (χ1n) is 4.47. The van der Waals surface area contributed by atoms with Gasteiger partial charge in [-0.3, -0.25) is 5.32 Å². The molecule has 3 nitrogen and oxygen atoms in total. The average Bonchev–Trinajstić information content (AvgIpc) is 2.57. The van der Waals surface area contributed by atoms with E-state index in [1.807, 2.05) is 12.1 Å². The van der Waals surface area contributed by atoms with E-state index in [1.54, 1.807) is 12.1 Å². The molecule has 4 heteroatoms. The number of rotatable bonds is 2. The molecule has 0 spiro atoms. The van der Waals surface area contributed by atoms with Crippen LogP contribution >= 0.6 is 12.4 Å². The third-order valence-corrected chi connectivity index (χ3v) is 2.12. The Labute approximate surface area is 89.5 Å². The highest BCUT2D eigenvalue weighted by Gasteiger charge is 2.14. The van der Waals surface area contributed by atoms with Crippen molar-refractivity contribution < 1.29 is 9.84 Å². The molecule has 0 aromatic heterocycles. The van der Waals surface area contributed by atoms with Crippen LogP contribution in [-0.2, 0) is 11.2 Å². The SMILES string of the molecule is Cl.Oc1cccc(CC2NCCO2)c1. The van der Waals surface area contributed by atoms with Gasteiger partial charge in [0.25, 0.3) is 0 Å². The lowest BCUT2D eigenvalue weighted by atomic mass is 10.1. The maximum absolute atomic E-state index is 9.23. The second-order valence-electron chi connectivity index (χ2n) is 3.19. The maximum atomic E-state index is 9.23. The molecular weight excluding hydrogens is 202 g/mol. The fraction of sp³-hybridized carbons (Fsp3) is 0.400. The summed E-state index contributed by atoms with van der Waals surface area (Å²) in [6.07, 6.45) is 0.927. The van der Waals surface area contributed by atoms with Crippen molar-refractivity contribution in [1.82, 2.24) is 5.32 Å². The summed E-state index contributed by atoms with van der Waals surface area (Å²) in [7, 11) is 0. The lowest BCUT2D eigenvalue weighted by Crippen LogP contribution is -2.24. The van der Waals surface area contributed by atoms with Gasteiger partial charge in [-0.05, 0) is 17.7 Å². The summed E-state index contributed by atoms with van der Waals surface area (Å²) in [5.41, 5.74) is 1.10. The zero-order valence-corrected chi connectivity index (χ0v) is 8.59. The smallest absolute Gasteiger partial charge is 0.115 e. The number of phenols is 1. The van der Waals surface area contributed by atoms with E-state index in [-0.39, 0.29) is 18.6 Å². The Balaban J connectivity index is 0.000000980. The molecule has 78 valence electrons. The van der Waals surface area contributed by atoms with E-state index in [4.69, 9.17) is 4.74 Å². The normalized spacial score (nSPS) is 20.4. The third-order valence-electron chi connectivity index (χ3n) is 2.12. The number of hydrogen-bond donors (Lipinski definition) is 2. The van der Waals surface area contributed by atoms with Gasteiger partial charge in [0, 0.05) is 13.0 Å². The van der Waals surface area contributed by atoms with E-state index >= 15 is 0 Å². The Morgan fingerprint density at radius 2 is 2.36 bits per heavy atom. The number of phenolic OH excluding ortho intramolecular Hbond substituents is 1. The van der Waals surface area contributed by atoms with Gasteiger partial charge in [0.2, 0.25) is 0 Å². The maximum Gasteiger partial charge on any atom is 0.115 e. The Morgan fingerprint density at radius 1 is 1.50 bits per heavy atom. The largest absolute Gasteiger partial charge is 0.508 e. The standard InChI is InChI=1S/C10H13NO2.ClH/c12-9-3-1-2-8(6-9)7-10-11-4-5-13-10;/h1-3,6,10-12H,4-5,7H2;1H. The summed E-state index contributed by atoms with van der Waals surface area (Å²) in [5.74, 6) is 0.315. The van der Waals surface area contributed by atoms with Gasteiger partial charge >= 0.3 is 0 Å². The molecule has 2 N–H and O–H groups in total. The summed E-state index contributed by atoms with van der Waals surface area (Å²) in [5, 5.41) is 12.4. The van der Waals surface area contributed by atoms with Crippen LogP contribution in [0.3, 0.4) is 0 Å². The van der Waals surface area contributed by atoms with Crippen molar-refractivity contribution in [3.63, 3.8) is 0 Å². The first-order valence-corrected chi connectivity index (χ1v) is 4.47. The lowest BCUT2D eigenvalue weighted by molar-refractivity contribution is 0.102. The molecule has 1 aromatic rings. The Morgan fingerprint density at radius 3 is 3.00 bits per heavy atom. The van der Waals surface area contributed by atoms with Crippen LogP contribution in [-0.4, -0.2) is 24.5 Å². The Hall–Kier alpha value is -0.770. The van der Waals surface area contributed by atoms with Gasteiger partial charge in [0.05, 0.1) is 6.61 Å². The van der Waals surface area contributed by atoms with Gasteiger partial charge in [-0.1, -0.05) is 12.1 Å². The van der Waals surface area contributed by atoms with Gasteiger partial charge in [0.1, 0.15) is 12.0 Å². The zero-order chi connectivity index (χ0) is 9.10. The van der Waals surface area contributed by atoms with Gasteiger partial charge in [-0.15, -0.1) is 12.4 Å². The summed E-state index contributed by atoms with van der Waals surface area (Å²) >= 11 is 0. The Kier molecular flexibility index (Phi) is 4.20. The summed E-state index contributed by atoms with van der Waals surface area (Å²) in [4.78, 5) is 0. The van der Waals surface area contributed by atoms with E-state index in [9.17, 15) is 5.11 Å². The molecule has 0 bridgehead atoms. The number of aromatic hydroxyl groups is 1. The number of halogens is 1. The van der Waals surface area contributed by atoms with Crippen molar-refractivity contribution >= 4 is 12.4 Å². The molecule has 1 atom stereocenters. The summed E-state index contributed by atoms with van der Waals surface area (Å²) < 4.78 is 5.40. The molecule has 14 heavy (non-hydrogen) atoms. The quantitative estimate of drug-likeness (QED) is 0.782. The van der Waals surface area contributed by atoms with Gasteiger partial charge in [0.15, 0.2) is 0 Å². The van der Waals surface area contributed by atoms with Crippen molar-refractivity contribution in [2.75, 3.05) is 13.2 Å². The average molecular weight is 216 g/mol. The van der Waals surface area contributed by atoms with Crippen LogP contribution < -0.4 is 5.32 Å². The molecule has 1 aromatic carbocycles. The second-order valence-corrected chi connectivity index (χ2v) is 3.19. The predicted molar refractivity (Wildman–Crippen MR) is 56.8 cm³/mol. The van der Waals surface area contributed by atoms with Crippen molar-refractivity contribution in [3.05, 3.63) is 29.8 Å². The van der Waals surface area contributed by atoms with Gasteiger partial charge in [-0.25, -0.2) is 0 Å². The molecule has 1 heterocycles. The van der Waals surface area contributed by atoms with Crippen LogP contribution in [0.25, 0.3) is 0 Å². The van der Waals surface area contributed by atoms with E-state index in [0.717, 1.165) is 25.1 Å². The molecule has 1 aliphatic heterocycles. The zero-order valence-electron chi connectivity index (χ0n) is 7.77. The van der Waals surface area contributed by atoms with Gasteiger partial charge < -0.3 is 9.84 Å². The summed E-state index contributed by atoms with van der Waals surface area (Å²) in [6.45, 7) is 1.70. The topological polar surface area (TPSA) is 41.5 Å². The fourth-order valence-corrected chi connectivity index (χ4v) is 1.51. The van der Waals surface area contributed by atoms with Crippen LogP contribution in [0.1, 0.15) is 5.56 Å². The van der Waals surface area contributed by atoms with Crippen LogP contribution in [0.4, 0.5) is 0 Å². The highest BCUT2D eigenvalue weighted by Crippen LogP contribution is 2.13. The lowest BCUT2D eigenvalue weighted by Gasteiger charge is -2.09. The van der Waals surface area contributed by atoms with E-state index in [2.05, 4.69) is 5.32 Å². The van der Waals surface area contributed by atoms with Crippen LogP contribution in [0.15, 0.2) is 24.3 Å². The molecule has 1 unspecified atom stereocenters. The minimum Gasteiger partial charge on any atom is -0.508 e. The monoisotopic (exact) mass is 215 g/mol. The molecule has 1 aliphatic rings. The van der Waals surface area contributed by atoms with E-state index in [1.165, 1.54) is 0 Å². The fourth-order valence-electron chi connectivity index (χ4n) is 1.51. The van der Waals surface area contributed by atoms with Crippen molar-refractivity contribution in [1.29, 1.82) is 0 Å². The van der Waals surface area contributed by atoms with Crippen molar-refractivity contribution in [3.8, 4) is 5.75 Å². The highest BCUT2D eigenvalue weighted by molar-refractivity contribution is 5.85. The molecule has 1 fully saturated rings. The number of ether oxygens (including phenoxy) is 1. The molecular formula is C10H14ClNO2. The molecule has 1 saturated heterocycles. The minimum atomic E-state index is 0. The molecule has 0 aliphatic carbocycles. The first kappa shape index (κ1) is 11.3. The van der Waals surface area contributed by atoms with Crippen LogP contribution in [0, 0.1) is 0 Å². The number of benzene rings is 1. The molecule has 0 radical (unpaired) electrons. The summed E-state index contributed by atoms with van der Waals surface area (Å²) in [6, 6.07) is 7.28. The predicted octanol–water partition coefficient (Wildman–Crippen LogP) is 1.30. The van der Waals surface area contributed by atoms with Crippen molar-refractivity contribution in [2.24, 2.45) is 0 Å². The minimum absolute atomic E-state index is 0. The molecule has 0 amide bonds. The van der Waals surface area contributed by atoms with Crippen molar-refractivity contribution in [2.45, 2.75) is 12.6 Å². The van der Waals surface area contributed by atoms with Gasteiger partial charge in [-0.2, -0.15) is 0 Å². The third kappa shape index (κ3) is 2.87. The van der Waals surface area contributed by atoms with Crippen LogP contribution in [0.2, 0.25) is 0 Å². The Bertz CT molecular complexity index is 287. The van der Waals surface area contributed by atoms with E-state index < -0.39 is 0 Å². The highest BCUT2D eigenvalue weighted by atomic mass is 35.5. The van der Waals surface area contributed by atoms with Crippen LogP contribution in [0.5, 0.6) is 5.75 Å².